The highest BCUT2D eigenvalue weighted by Gasteiger charge is 2.35. The molecule has 0 bridgehead atoms. The van der Waals surface area contributed by atoms with Crippen LogP contribution in [0, 0.1) is 0 Å². The summed E-state index contributed by atoms with van der Waals surface area (Å²) in [5.41, 5.74) is -0.0973. The van der Waals surface area contributed by atoms with Gasteiger partial charge < -0.3 is 8.92 Å². The topological polar surface area (TPSA) is 72.9 Å². The van der Waals surface area contributed by atoms with Crippen molar-refractivity contribution >= 4 is 15.9 Å². The maximum atomic E-state index is 13.1. The molecule has 1 aliphatic rings. The number of hydrogen-bond donors (Lipinski definition) is 0. The largest absolute Gasteiger partial charge is 0.382 e. The molecule has 6 nitrogen and oxygen atoms in total. The molecule has 0 amide bonds. The zero-order valence-electron chi connectivity index (χ0n) is 25.1. The third-order valence-corrected chi connectivity index (χ3v) is 9.18. The molecule has 1 saturated heterocycles. The Hall–Kier alpha value is -1.44. The van der Waals surface area contributed by atoms with Crippen molar-refractivity contribution in [3.8, 4) is 5.75 Å². The average molecular weight is 566 g/mol. The lowest BCUT2D eigenvalue weighted by Gasteiger charge is -2.39. The van der Waals surface area contributed by atoms with Gasteiger partial charge in [-0.25, -0.2) is 0 Å². The third kappa shape index (κ3) is 13.7. The highest BCUT2D eigenvalue weighted by molar-refractivity contribution is 7.87. The molecule has 0 N–H and O–H groups in total. The Balaban J connectivity index is 1.54. The number of carbonyl (C=O) groups excluding carboxylic acids is 1. The lowest BCUT2D eigenvalue weighted by molar-refractivity contribution is -0.00429. The van der Waals surface area contributed by atoms with E-state index < -0.39 is 15.7 Å². The Morgan fingerprint density at radius 2 is 1.21 bits per heavy atom. The van der Waals surface area contributed by atoms with Gasteiger partial charge in [-0.2, -0.15) is 8.42 Å². The van der Waals surface area contributed by atoms with Gasteiger partial charge in [0, 0.05) is 18.7 Å². The van der Waals surface area contributed by atoms with E-state index in [-0.39, 0.29) is 17.3 Å². The fraction of sp³-hybridized carbons (Fsp3) is 0.781. The molecule has 1 aromatic carbocycles. The summed E-state index contributed by atoms with van der Waals surface area (Å²) in [6, 6.07) is 6.47. The van der Waals surface area contributed by atoms with Crippen LogP contribution >= 0.6 is 0 Å². The van der Waals surface area contributed by atoms with Gasteiger partial charge in [-0.05, 0) is 44.5 Å². The van der Waals surface area contributed by atoms with Gasteiger partial charge in [-0.3, -0.25) is 9.69 Å². The summed E-state index contributed by atoms with van der Waals surface area (Å²) in [6.45, 7) is 8.81. The number of benzene rings is 1. The van der Waals surface area contributed by atoms with E-state index in [1.807, 2.05) is 13.8 Å². The molecule has 0 aromatic heterocycles. The average Bonchev–Trinajstić information content (AvgIpc) is 2.93. The Morgan fingerprint density at radius 1 is 0.769 bits per heavy atom. The maximum absolute atomic E-state index is 13.1. The zero-order chi connectivity index (χ0) is 28.4. The molecule has 1 aliphatic heterocycles. The van der Waals surface area contributed by atoms with Crippen LogP contribution in [0.5, 0.6) is 5.75 Å². The summed E-state index contributed by atoms with van der Waals surface area (Å²) in [6.07, 6.45) is 20.1. The first-order chi connectivity index (χ1) is 18.8. The fourth-order valence-electron chi connectivity index (χ4n) is 5.30. The number of hydrogen-bond acceptors (Lipinski definition) is 6. The second kappa shape index (κ2) is 18.8. The molecule has 1 fully saturated rings. The van der Waals surface area contributed by atoms with Crippen LogP contribution in [0.2, 0.25) is 0 Å². The van der Waals surface area contributed by atoms with Crippen molar-refractivity contribution in [1.29, 1.82) is 0 Å². The van der Waals surface area contributed by atoms with E-state index in [1.54, 1.807) is 24.3 Å². The summed E-state index contributed by atoms with van der Waals surface area (Å²) in [7, 11) is -3.64. The summed E-state index contributed by atoms with van der Waals surface area (Å²) in [5.74, 6) is 0.287. The van der Waals surface area contributed by atoms with Crippen LogP contribution in [0.15, 0.2) is 24.3 Å². The van der Waals surface area contributed by atoms with E-state index in [0.29, 0.717) is 25.2 Å². The van der Waals surface area contributed by atoms with Crippen LogP contribution < -0.4 is 4.18 Å². The van der Waals surface area contributed by atoms with Crippen molar-refractivity contribution in [2.24, 2.45) is 0 Å². The van der Waals surface area contributed by atoms with E-state index in [4.69, 9.17) is 8.92 Å². The fourth-order valence-corrected chi connectivity index (χ4v) is 6.34. The Bertz CT molecular complexity index is 892. The van der Waals surface area contributed by atoms with E-state index >= 15 is 0 Å². The molecule has 39 heavy (non-hydrogen) atoms. The van der Waals surface area contributed by atoms with Crippen LogP contribution in [0.25, 0.3) is 0 Å². The Kier molecular flexibility index (Phi) is 16.3. The highest BCUT2D eigenvalue weighted by Crippen LogP contribution is 2.24. The molecular weight excluding hydrogens is 510 g/mol. The van der Waals surface area contributed by atoms with Crippen LogP contribution in [0.4, 0.5) is 0 Å². The van der Waals surface area contributed by atoms with Gasteiger partial charge >= 0.3 is 10.1 Å². The van der Waals surface area contributed by atoms with E-state index in [9.17, 15) is 13.2 Å². The maximum Gasteiger partial charge on any atom is 0.309 e. The minimum Gasteiger partial charge on any atom is -0.382 e. The van der Waals surface area contributed by atoms with Gasteiger partial charge in [0.05, 0.1) is 24.5 Å². The number of carbonyl (C=O) groups is 1. The van der Waals surface area contributed by atoms with Gasteiger partial charge in [0.1, 0.15) is 5.75 Å². The predicted molar refractivity (Wildman–Crippen MR) is 161 cm³/mol. The summed E-state index contributed by atoms with van der Waals surface area (Å²) < 4.78 is 35.5. The van der Waals surface area contributed by atoms with Crippen LogP contribution in [-0.2, 0) is 14.9 Å². The number of Topliss-reactive ketones (excluding diaryl/α,β-unsaturated/α-hetero) is 1. The zero-order valence-corrected chi connectivity index (χ0v) is 25.9. The van der Waals surface area contributed by atoms with E-state index in [0.717, 1.165) is 25.9 Å². The Morgan fingerprint density at radius 3 is 1.67 bits per heavy atom. The lowest BCUT2D eigenvalue weighted by Crippen LogP contribution is -2.54. The van der Waals surface area contributed by atoms with Crippen molar-refractivity contribution in [2.75, 3.05) is 32.1 Å². The molecule has 2 rings (SSSR count). The summed E-state index contributed by atoms with van der Waals surface area (Å²) >= 11 is 0. The van der Waals surface area contributed by atoms with Crippen molar-refractivity contribution < 1.29 is 22.1 Å². The van der Waals surface area contributed by atoms with Crippen molar-refractivity contribution in [2.45, 2.75) is 129 Å². The minimum absolute atomic E-state index is 0.00646. The van der Waals surface area contributed by atoms with E-state index in [1.165, 1.54) is 83.5 Å². The molecule has 1 heterocycles. The van der Waals surface area contributed by atoms with Gasteiger partial charge in [-0.1, -0.05) is 103 Å². The van der Waals surface area contributed by atoms with Crippen molar-refractivity contribution in [3.05, 3.63) is 29.8 Å². The van der Waals surface area contributed by atoms with Gasteiger partial charge in [-0.15, -0.1) is 0 Å². The van der Waals surface area contributed by atoms with Crippen molar-refractivity contribution in [3.63, 3.8) is 0 Å². The van der Waals surface area contributed by atoms with Crippen LogP contribution in [0.1, 0.15) is 134 Å². The lowest BCUT2D eigenvalue weighted by atomic mass is 9.91. The monoisotopic (exact) mass is 565 g/mol. The normalized spacial score (nSPS) is 14.9. The Labute approximate surface area is 239 Å². The molecule has 1 aromatic rings. The quantitative estimate of drug-likeness (QED) is 0.0807. The standard InChI is InChI=1S/C32H55NO5S/c1-4-5-6-7-8-9-10-11-12-13-14-15-16-17-18-19-28-39(35,36)38-30-22-20-29(21-23-30)31(34)32(2,3)33-24-26-37-27-25-33/h20-23H,4-19,24-28H2,1-3H3. The minimum atomic E-state index is -3.64. The molecule has 0 unspecified atom stereocenters. The van der Waals surface area contributed by atoms with Crippen LogP contribution in [0.3, 0.4) is 0 Å². The first-order valence-corrected chi connectivity index (χ1v) is 17.2. The third-order valence-electron chi connectivity index (χ3n) is 7.94. The molecule has 0 aliphatic carbocycles. The van der Waals surface area contributed by atoms with Gasteiger partial charge in [0.2, 0.25) is 0 Å². The second-order valence-corrected chi connectivity index (χ2v) is 13.4. The first-order valence-electron chi connectivity index (χ1n) is 15.7. The smallest absolute Gasteiger partial charge is 0.309 e. The molecule has 0 atom stereocenters. The first kappa shape index (κ1) is 33.8. The van der Waals surface area contributed by atoms with Crippen LogP contribution in [-0.4, -0.2) is 56.7 Å². The molecule has 224 valence electrons. The molecule has 7 heteroatoms. The molecular formula is C32H55NO5S. The van der Waals surface area contributed by atoms with Gasteiger partial charge in [0.25, 0.3) is 0 Å². The number of ether oxygens (including phenoxy) is 1. The summed E-state index contributed by atoms with van der Waals surface area (Å²) in [5, 5.41) is 0. The number of morpholine rings is 1. The molecule has 0 radical (unpaired) electrons. The number of ketones is 1. The SMILES string of the molecule is CCCCCCCCCCCCCCCCCCS(=O)(=O)Oc1ccc(C(=O)C(C)(C)N2CCOCC2)cc1. The number of rotatable bonds is 22. The van der Waals surface area contributed by atoms with Gasteiger partial charge in [0.15, 0.2) is 5.78 Å². The number of nitrogens with zero attached hydrogens (tertiary/aromatic N) is 1. The summed E-state index contributed by atoms with van der Waals surface area (Å²) in [4.78, 5) is 15.2. The molecule has 0 spiro atoms. The highest BCUT2D eigenvalue weighted by atomic mass is 32.2. The number of unbranched alkanes of at least 4 members (excludes halogenated alkanes) is 15. The molecule has 0 saturated carbocycles. The second-order valence-electron chi connectivity index (χ2n) is 11.7. The van der Waals surface area contributed by atoms with E-state index in [2.05, 4.69) is 11.8 Å². The predicted octanol–water partition coefficient (Wildman–Crippen LogP) is 7.95. The van der Waals surface area contributed by atoms with Crippen molar-refractivity contribution in [1.82, 2.24) is 4.90 Å².